The number of rotatable bonds is 1. The predicted molar refractivity (Wildman–Crippen MR) is 72.8 cm³/mol. The van der Waals surface area contributed by atoms with Crippen molar-refractivity contribution in [3.63, 3.8) is 0 Å². The van der Waals surface area contributed by atoms with Crippen molar-refractivity contribution >= 4 is 35.0 Å². The van der Waals surface area contributed by atoms with Crippen LogP contribution in [0.2, 0.25) is 0 Å². The minimum atomic E-state index is 0. The summed E-state index contributed by atoms with van der Waals surface area (Å²) >= 11 is 2.34. The van der Waals surface area contributed by atoms with Crippen LogP contribution < -0.4 is 5.73 Å². The zero-order valence-corrected chi connectivity index (χ0v) is 11.7. The second-order valence-electron chi connectivity index (χ2n) is 4.37. The van der Waals surface area contributed by atoms with E-state index in [0.717, 1.165) is 0 Å². The van der Waals surface area contributed by atoms with E-state index in [1.807, 2.05) is 12.1 Å². The van der Waals surface area contributed by atoms with Gasteiger partial charge in [-0.15, -0.1) is 12.4 Å². The predicted octanol–water partition coefficient (Wildman–Crippen LogP) is 3.76. The number of nitrogens with two attached hydrogens (primary N) is 1. The molecule has 0 amide bonds. The van der Waals surface area contributed by atoms with Crippen molar-refractivity contribution in [3.8, 4) is 0 Å². The lowest BCUT2D eigenvalue weighted by molar-refractivity contribution is 0.326. The summed E-state index contributed by atoms with van der Waals surface area (Å²) in [5.41, 5.74) is 7.54. The van der Waals surface area contributed by atoms with E-state index < -0.39 is 0 Å². The van der Waals surface area contributed by atoms with Gasteiger partial charge in [-0.1, -0.05) is 39.0 Å². The van der Waals surface area contributed by atoms with Crippen LogP contribution >= 0.6 is 35.0 Å². The molecule has 0 aromatic heterocycles. The fraction of sp³-hybridized carbons (Fsp3) is 0.455. The van der Waals surface area contributed by atoms with E-state index in [0.29, 0.717) is 0 Å². The van der Waals surface area contributed by atoms with Gasteiger partial charge in [-0.3, -0.25) is 0 Å². The largest absolute Gasteiger partial charge is 0.323 e. The third-order valence-electron chi connectivity index (χ3n) is 2.17. The van der Waals surface area contributed by atoms with Gasteiger partial charge in [0.25, 0.3) is 0 Å². The molecule has 1 nitrogen and oxygen atoms in total. The Morgan fingerprint density at radius 3 is 2.14 bits per heavy atom. The van der Waals surface area contributed by atoms with Crippen molar-refractivity contribution in [2.24, 2.45) is 11.1 Å². The van der Waals surface area contributed by atoms with Crippen LogP contribution in [0.1, 0.15) is 32.4 Å². The van der Waals surface area contributed by atoms with Crippen LogP contribution in [0.5, 0.6) is 0 Å². The highest BCUT2D eigenvalue weighted by Gasteiger charge is 2.23. The molecule has 14 heavy (non-hydrogen) atoms. The monoisotopic (exact) mass is 325 g/mol. The summed E-state index contributed by atoms with van der Waals surface area (Å²) in [7, 11) is 0. The van der Waals surface area contributed by atoms with Crippen molar-refractivity contribution in [2.45, 2.75) is 26.8 Å². The third kappa shape index (κ3) is 3.41. The molecule has 0 saturated carbocycles. The molecule has 0 bridgehead atoms. The molecule has 1 aromatic carbocycles. The highest BCUT2D eigenvalue weighted by molar-refractivity contribution is 14.1. The molecule has 3 heteroatoms. The Kier molecular flexibility index (Phi) is 5.41. The molecule has 0 unspecified atom stereocenters. The van der Waals surface area contributed by atoms with E-state index in [2.05, 4.69) is 55.5 Å². The molecule has 1 atom stereocenters. The fourth-order valence-electron chi connectivity index (χ4n) is 1.19. The maximum Gasteiger partial charge on any atom is 0.0354 e. The summed E-state index contributed by atoms with van der Waals surface area (Å²) in [5.74, 6) is 0. The van der Waals surface area contributed by atoms with Crippen LogP contribution in [-0.2, 0) is 0 Å². The van der Waals surface area contributed by atoms with Gasteiger partial charge in [0.05, 0.1) is 0 Å². The minimum absolute atomic E-state index is 0. The minimum Gasteiger partial charge on any atom is -0.323 e. The van der Waals surface area contributed by atoms with Gasteiger partial charge in [0.1, 0.15) is 0 Å². The molecule has 0 saturated heterocycles. The molecular weight excluding hydrogens is 308 g/mol. The van der Waals surface area contributed by atoms with Crippen molar-refractivity contribution < 1.29 is 0 Å². The normalized spacial score (nSPS) is 13.2. The Morgan fingerprint density at radius 1 is 1.21 bits per heavy atom. The molecule has 0 aliphatic heterocycles. The summed E-state index contributed by atoms with van der Waals surface area (Å²) in [5, 5.41) is 0. The summed E-state index contributed by atoms with van der Waals surface area (Å²) in [6.07, 6.45) is 0. The SMILES string of the molecule is CC(C)(C)[C@@H](N)c1ccccc1I.Cl. The smallest absolute Gasteiger partial charge is 0.0354 e. The van der Waals surface area contributed by atoms with Crippen LogP contribution in [0.4, 0.5) is 0 Å². The number of halogens is 2. The standard InChI is InChI=1S/C11H16IN.ClH/c1-11(2,3)10(13)8-6-4-5-7-9(8)12;/h4-7,10H,13H2,1-3H3;1H/t10-;/m0./s1. The number of hydrogen-bond acceptors (Lipinski definition) is 1. The Labute approximate surface area is 106 Å². The van der Waals surface area contributed by atoms with Gasteiger partial charge in [-0.2, -0.15) is 0 Å². The van der Waals surface area contributed by atoms with E-state index in [1.165, 1.54) is 9.13 Å². The Bertz CT molecular complexity index is 294. The third-order valence-corrected chi connectivity index (χ3v) is 3.16. The second kappa shape index (κ2) is 5.33. The van der Waals surface area contributed by atoms with Crippen molar-refractivity contribution in [2.75, 3.05) is 0 Å². The first-order valence-electron chi connectivity index (χ1n) is 4.43. The highest BCUT2D eigenvalue weighted by Crippen LogP contribution is 2.32. The fourth-order valence-corrected chi connectivity index (χ4v) is 1.92. The lowest BCUT2D eigenvalue weighted by atomic mass is 9.83. The molecule has 1 aromatic rings. The van der Waals surface area contributed by atoms with Gasteiger partial charge in [-0.25, -0.2) is 0 Å². The Hall–Kier alpha value is 0.200. The molecule has 80 valence electrons. The van der Waals surface area contributed by atoms with Gasteiger partial charge < -0.3 is 5.73 Å². The first-order valence-corrected chi connectivity index (χ1v) is 5.51. The summed E-state index contributed by atoms with van der Waals surface area (Å²) in [4.78, 5) is 0. The lowest BCUT2D eigenvalue weighted by Crippen LogP contribution is -2.26. The van der Waals surface area contributed by atoms with Crippen LogP contribution in [0, 0.1) is 8.99 Å². The maximum absolute atomic E-state index is 6.17. The van der Waals surface area contributed by atoms with Crippen LogP contribution in [0.15, 0.2) is 24.3 Å². The summed E-state index contributed by atoms with van der Waals surface area (Å²) < 4.78 is 1.25. The molecule has 2 N–H and O–H groups in total. The summed E-state index contributed by atoms with van der Waals surface area (Å²) in [6, 6.07) is 8.41. The summed E-state index contributed by atoms with van der Waals surface area (Å²) in [6.45, 7) is 6.50. The molecule has 1 rings (SSSR count). The van der Waals surface area contributed by atoms with E-state index in [4.69, 9.17) is 5.73 Å². The molecule has 0 heterocycles. The van der Waals surface area contributed by atoms with Crippen LogP contribution in [0.25, 0.3) is 0 Å². The van der Waals surface area contributed by atoms with Crippen molar-refractivity contribution in [3.05, 3.63) is 33.4 Å². The van der Waals surface area contributed by atoms with Gasteiger partial charge in [0.2, 0.25) is 0 Å². The van der Waals surface area contributed by atoms with E-state index in [-0.39, 0.29) is 23.9 Å². The zero-order valence-electron chi connectivity index (χ0n) is 8.75. The van der Waals surface area contributed by atoms with E-state index in [9.17, 15) is 0 Å². The molecule has 0 aliphatic carbocycles. The quantitative estimate of drug-likeness (QED) is 0.782. The Morgan fingerprint density at radius 2 is 1.71 bits per heavy atom. The molecule has 0 aliphatic rings. The van der Waals surface area contributed by atoms with Crippen molar-refractivity contribution in [1.82, 2.24) is 0 Å². The average molecular weight is 326 g/mol. The molecule has 0 spiro atoms. The molecular formula is C11H17ClIN. The molecule has 0 fully saturated rings. The zero-order chi connectivity index (χ0) is 10.1. The average Bonchev–Trinajstić information content (AvgIpc) is 2.02. The first-order chi connectivity index (χ1) is 5.93. The number of hydrogen-bond donors (Lipinski definition) is 1. The topological polar surface area (TPSA) is 26.0 Å². The van der Waals surface area contributed by atoms with Gasteiger partial charge in [0, 0.05) is 9.61 Å². The van der Waals surface area contributed by atoms with Crippen molar-refractivity contribution in [1.29, 1.82) is 0 Å². The van der Waals surface area contributed by atoms with E-state index >= 15 is 0 Å². The van der Waals surface area contributed by atoms with Crippen LogP contribution in [-0.4, -0.2) is 0 Å². The maximum atomic E-state index is 6.17. The van der Waals surface area contributed by atoms with Crippen LogP contribution in [0.3, 0.4) is 0 Å². The first kappa shape index (κ1) is 14.2. The molecule has 0 radical (unpaired) electrons. The Balaban J connectivity index is 0.00000169. The lowest BCUT2D eigenvalue weighted by Gasteiger charge is -2.28. The van der Waals surface area contributed by atoms with Gasteiger partial charge >= 0.3 is 0 Å². The second-order valence-corrected chi connectivity index (χ2v) is 5.53. The highest BCUT2D eigenvalue weighted by atomic mass is 127. The number of benzene rings is 1. The van der Waals surface area contributed by atoms with Gasteiger partial charge in [0.15, 0.2) is 0 Å². The van der Waals surface area contributed by atoms with E-state index in [1.54, 1.807) is 0 Å². The van der Waals surface area contributed by atoms with Gasteiger partial charge in [-0.05, 0) is 39.6 Å².